The number of aromatic hydroxyl groups is 1. The van der Waals surface area contributed by atoms with E-state index in [1.165, 1.54) is 6.07 Å². The number of anilines is 1. The van der Waals surface area contributed by atoms with Crippen LogP contribution < -0.4 is 10.7 Å². The minimum Gasteiger partial charge on any atom is -0.507 e. The molecular formula is C21H25N3O3. The molecular weight excluding hydrogens is 342 g/mol. The summed E-state index contributed by atoms with van der Waals surface area (Å²) in [6.07, 6.45) is 2.09. The van der Waals surface area contributed by atoms with Crippen LogP contribution in [-0.2, 0) is 11.2 Å². The van der Waals surface area contributed by atoms with Crippen LogP contribution in [0.5, 0.6) is 5.75 Å². The molecule has 0 bridgehead atoms. The second-order valence-corrected chi connectivity index (χ2v) is 6.22. The molecule has 0 saturated heterocycles. The van der Waals surface area contributed by atoms with E-state index in [1.54, 1.807) is 31.2 Å². The summed E-state index contributed by atoms with van der Waals surface area (Å²) in [6, 6.07) is 12.0. The smallest absolute Gasteiger partial charge is 0.271 e. The number of benzene rings is 2. The number of carbonyl (C=O) groups is 2. The molecule has 0 unspecified atom stereocenters. The summed E-state index contributed by atoms with van der Waals surface area (Å²) in [6.45, 7) is 5.65. The van der Waals surface area contributed by atoms with Crippen molar-refractivity contribution in [3.63, 3.8) is 0 Å². The predicted molar refractivity (Wildman–Crippen MR) is 107 cm³/mol. The zero-order valence-electron chi connectivity index (χ0n) is 15.9. The van der Waals surface area contributed by atoms with Gasteiger partial charge in [-0.15, -0.1) is 0 Å². The van der Waals surface area contributed by atoms with Crippen molar-refractivity contribution < 1.29 is 14.7 Å². The van der Waals surface area contributed by atoms with Crippen LogP contribution in [0.3, 0.4) is 0 Å². The summed E-state index contributed by atoms with van der Waals surface area (Å²) in [5.74, 6) is -0.400. The summed E-state index contributed by atoms with van der Waals surface area (Å²) < 4.78 is 0. The molecule has 2 rings (SSSR count). The first-order valence-electron chi connectivity index (χ1n) is 9.01. The van der Waals surface area contributed by atoms with Gasteiger partial charge in [0.05, 0.1) is 5.71 Å². The maximum Gasteiger partial charge on any atom is 0.271 e. The first kappa shape index (κ1) is 20.2. The van der Waals surface area contributed by atoms with Gasteiger partial charge in [-0.05, 0) is 55.7 Å². The van der Waals surface area contributed by atoms with Crippen LogP contribution in [0.4, 0.5) is 5.69 Å². The van der Waals surface area contributed by atoms with Gasteiger partial charge in [0.25, 0.3) is 5.91 Å². The molecule has 2 aromatic rings. The van der Waals surface area contributed by atoms with E-state index in [2.05, 4.69) is 15.8 Å². The van der Waals surface area contributed by atoms with Crippen LogP contribution in [-0.4, -0.2) is 22.6 Å². The third-order valence-electron chi connectivity index (χ3n) is 4.10. The van der Waals surface area contributed by atoms with Gasteiger partial charge in [-0.3, -0.25) is 9.59 Å². The molecule has 27 heavy (non-hydrogen) atoms. The quantitative estimate of drug-likeness (QED) is 0.394. The molecule has 0 saturated carbocycles. The molecule has 6 heteroatoms. The maximum absolute atomic E-state index is 12.2. The van der Waals surface area contributed by atoms with E-state index < -0.39 is 0 Å². The van der Waals surface area contributed by atoms with Gasteiger partial charge in [-0.1, -0.05) is 26.0 Å². The van der Waals surface area contributed by atoms with Crippen LogP contribution in [0.25, 0.3) is 0 Å². The second kappa shape index (κ2) is 9.52. The van der Waals surface area contributed by atoms with Crippen molar-refractivity contribution in [2.24, 2.45) is 5.10 Å². The number of carbonyl (C=O) groups excluding carboxylic acids is 2. The molecule has 2 amide bonds. The highest BCUT2D eigenvalue weighted by molar-refractivity contribution is 6.04. The number of phenolic OH excluding ortho intramolecular Hbond substituents is 1. The van der Waals surface area contributed by atoms with Crippen LogP contribution >= 0.6 is 0 Å². The molecule has 142 valence electrons. The molecule has 0 aliphatic carbocycles. The Hall–Kier alpha value is -3.15. The SMILES string of the molecule is CCCC(=O)Nc1ccc(O)c(/C(C)=N/NC(=O)c2ccc(CC)cc2)c1. The first-order chi connectivity index (χ1) is 12.9. The number of rotatable bonds is 7. The minimum atomic E-state index is -0.330. The molecule has 0 radical (unpaired) electrons. The number of nitrogens with one attached hydrogen (secondary N) is 2. The number of hydrazone groups is 1. The van der Waals surface area contributed by atoms with Crippen molar-refractivity contribution in [2.45, 2.75) is 40.0 Å². The third-order valence-corrected chi connectivity index (χ3v) is 4.10. The fourth-order valence-corrected chi connectivity index (χ4v) is 2.51. The molecule has 3 N–H and O–H groups in total. The monoisotopic (exact) mass is 367 g/mol. The standard InChI is InChI=1S/C21H25N3O3/c1-4-6-20(26)22-17-11-12-19(25)18(13-17)14(3)23-24-21(27)16-9-7-15(5-2)8-10-16/h7-13,25H,4-6H2,1-3H3,(H,22,26)(H,24,27)/b23-14+. The predicted octanol–water partition coefficient (Wildman–Crippen LogP) is 3.85. The van der Waals surface area contributed by atoms with Gasteiger partial charge in [0.15, 0.2) is 0 Å². The zero-order valence-corrected chi connectivity index (χ0v) is 15.9. The van der Waals surface area contributed by atoms with E-state index in [4.69, 9.17) is 0 Å². The van der Waals surface area contributed by atoms with Crippen LogP contribution in [0.15, 0.2) is 47.6 Å². The van der Waals surface area contributed by atoms with Crippen molar-refractivity contribution in [3.05, 3.63) is 59.2 Å². The number of amides is 2. The summed E-state index contributed by atoms with van der Waals surface area (Å²) in [4.78, 5) is 23.9. The molecule has 6 nitrogen and oxygen atoms in total. The summed E-state index contributed by atoms with van der Waals surface area (Å²) in [7, 11) is 0. The lowest BCUT2D eigenvalue weighted by Crippen LogP contribution is -2.19. The highest BCUT2D eigenvalue weighted by Gasteiger charge is 2.10. The Kier molecular flexibility index (Phi) is 7.11. The van der Waals surface area contributed by atoms with E-state index in [0.29, 0.717) is 28.9 Å². The van der Waals surface area contributed by atoms with Gasteiger partial charge in [-0.25, -0.2) is 5.43 Å². The van der Waals surface area contributed by atoms with E-state index in [0.717, 1.165) is 18.4 Å². The average molecular weight is 367 g/mol. The Morgan fingerprint density at radius 3 is 2.41 bits per heavy atom. The van der Waals surface area contributed by atoms with Gasteiger partial charge < -0.3 is 10.4 Å². The minimum absolute atomic E-state index is 0.0197. The highest BCUT2D eigenvalue weighted by atomic mass is 16.3. The van der Waals surface area contributed by atoms with Crippen molar-refractivity contribution in [2.75, 3.05) is 5.32 Å². The Morgan fingerprint density at radius 2 is 1.78 bits per heavy atom. The van der Waals surface area contributed by atoms with Crippen molar-refractivity contribution in [1.82, 2.24) is 5.43 Å². The second-order valence-electron chi connectivity index (χ2n) is 6.22. The largest absolute Gasteiger partial charge is 0.507 e. The Morgan fingerprint density at radius 1 is 1.07 bits per heavy atom. The van der Waals surface area contributed by atoms with Gasteiger partial charge >= 0.3 is 0 Å². The average Bonchev–Trinajstić information content (AvgIpc) is 2.67. The molecule has 0 spiro atoms. The molecule has 0 fully saturated rings. The highest BCUT2D eigenvalue weighted by Crippen LogP contribution is 2.22. The topological polar surface area (TPSA) is 90.8 Å². The fourth-order valence-electron chi connectivity index (χ4n) is 2.51. The Labute approximate surface area is 159 Å². The Balaban J connectivity index is 2.11. The number of phenols is 1. The molecule has 0 aromatic heterocycles. The van der Waals surface area contributed by atoms with Crippen molar-refractivity contribution >= 4 is 23.2 Å². The van der Waals surface area contributed by atoms with Crippen LogP contribution in [0.1, 0.15) is 55.1 Å². The fraction of sp³-hybridized carbons (Fsp3) is 0.286. The molecule has 0 atom stereocenters. The van der Waals surface area contributed by atoms with E-state index in [9.17, 15) is 14.7 Å². The van der Waals surface area contributed by atoms with Crippen molar-refractivity contribution in [3.8, 4) is 5.75 Å². The van der Waals surface area contributed by atoms with Crippen LogP contribution in [0, 0.1) is 0 Å². The molecule has 2 aromatic carbocycles. The molecule has 0 aliphatic heterocycles. The lowest BCUT2D eigenvalue weighted by atomic mass is 10.1. The summed E-state index contributed by atoms with van der Waals surface area (Å²) in [5.41, 5.74) is 5.58. The van der Waals surface area contributed by atoms with Gasteiger partial charge in [0.2, 0.25) is 5.91 Å². The Bertz CT molecular complexity index is 842. The first-order valence-corrected chi connectivity index (χ1v) is 9.01. The lowest BCUT2D eigenvalue weighted by Gasteiger charge is -2.09. The number of aryl methyl sites for hydroxylation is 1. The van der Waals surface area contributed by atoms with E-state index in [1.807, 2.05) is 26.0 Å². The van der Waals surface area contributed by atoms with Gasteiger partial charge in [0.1, 0.15) is 5.75 Å². The summed E-state index contributed by atoms with van der Waals surface area (Å²) >= 11 is 0. The summed E-state index contributed by atoms with van der Waals surface area (Å²) in [5, 5.41) is 16.9. The molecule has 0 aliphatic rings. The van der Waals surface area contributed by atoms with Gasteiger partial charge in [-0.2, -0.15) is 5.10 Å². The number of nitrogens with zero attached hydrogens (tertiary/aromatic N) is 1. The van der Waals surface area contributed by atoms with E-state index >= 15 is 0 Å². The van der Waals surface area contributed by atoms with Gasteiger partial charge in [0, 0.05) is 23.2 Å². The lowest BCUT2D eigenvalue weighted by molar-refractivity contribution is -0.116. The molecule has 0 heterocycles. The third kappa shape index (κ3) is 5.67. The normalized spacial score (nSPS) is 11.1. The number of hydrogen-bond acceptors (Lipinski definition) is 4. The van der Waals surface area contributed by atoms with Crippen molar-refractivity contribution in [1.29, 1.82) is 0 Å². The zero-order chi connectivity index (χ0) is 19.8. The van der Waals surface area contributed by atoms with Crippen LogP contribution in [0.2, 0.25) is 0 Å². The number of hydrogen-bond donors (Lipinski definition) is 3. The van der Waals surface area contributed by atoms with E-state index in [-0.39, 0.29) is 17.6 Å². The maximum atomic E-state index is 12.2.